The summed E-state index contributed by atoms with van der Waals surface area (Å²) in [5, 5.41) is 3.68. The summed E-state index contributed by atoms with van der Waals surface area (Å²) in [7, 11) is 0. The van der Waals surface area contributed by atoms with E-state index in [1.165, 1.54) is 11.1 Å². The van der Waals surface area contributed by atoms with E-state index in [9.17, 15) is 4.11 Å². The van der Waals surface area contributed by atoms with Gasteiger partial charge in [-0.25, -0.2) is 0 Å². The Hall–Kier alpha value is -7.42. The van der Waals surface area contributed by atoms with Crippen molar-refractivity contribution >= 4 is 43.6 Å². The molecule has 0 N–H and O–H groups in total. The zero-order chi connectivity index (χ0) is 39.6. The number of benzene rings is 9. The van der Waals surface area contributed by atoms with E-state index in [2.05, 4.69) is 132 Å². The van der Waals surface area contributed by atoms with E-state index in [1.807, 2.05) is 77.4 Å². The van der Waals surface area contributed by atoms with Gasteiger partial charge in [-0.05, 0) is 93.5 Å². The molecule has 11 rings (SSSR count). The molecule has 9 aromatic carbocycles. The van der Waals surface area contributed by atoms with Gasteiger partial charge in [0.05, 0.1) is 26.2 Å². The Kier molecular flexibility index (Phi) is 6.81. The van der Waals surface area contributed by atoms with Gasteiger partial charge in [-0.2, -0.15) is 0 Å². The van der Waals surface area contributed by atoms with Crippen molar-refractivity contribution in [3.05, 3.63) is 218 Å². The topological polar surface area (TPSA) is 9.86 Å². The van der Waals surface area contributed by atoms with E-state index in [1.54, 1.807) is 0 Å². The van der Waals surface area contributed by atoms with Gasteiger partial charge in [-0.15, -0.1) is 0 Å². The smallest absolute Gasteiger partial charge is 0.0645 e. The van der Waals surface area contributed by atoms with Crippen LogP contribution in [0.1, 0.15) is 4.11 Å². The lowest BCUT2D eigenvalue weighted by atomic mass is 9.99. The number of hydrogen-bond donors (Lipinski definition) is 0. The minimum atomic E-state index is 0.0444. The van der Waals surface area contributed by atoms with Crippen LogP contribution < -0.4 is 0 Å². The van der Waals surface area contributed by atoms with Crippen LogP contribution in [0.15, 0.2) is 218 Å². The molecule has 56 heavy (non-hydrogen) atoms. The molecule has 2 nitrogen and oxygen atoms in total. The van der Waals surface area contributed by atoms with Gasteiger partial charge in [0.1, 0.15) is 0 Å². The molecule has 11 aromatic rings. The van der Waals surface area contributed by atoms with Crippen molar-refractivity contribution < 1.29 is 4.11 Å². The standard InChI is InChI=1S/C54H36N2/c1-4-13-37(14-5-1)38-23-25-39(26-24-38)40-27-31-45(32-28-40)56-53-34-30-43(36-50(53)48-21-12-20-46(54(48)56)41-15-6-2-7-16-41)42-29-33-52-49(35-42)47-19-10-11-22-51(47)55(52)44-17-8-3-9-18-44/h1-36H/i29D,33D,35D. The predicted molar refractivity (Wildman–Crippen MR) is 237 cm³/mol. The molecule has 0 fully saturated rings. The average molecular weight is 716 g/mol. The molecule has 0 spiro atoms. The summed E-state index contributed by atoms with van der Waals surface area (Å²) in [5.41, 5.74) is 13.7. The first kappa shape index (κ1) is 29.0. The summed E-state index contributed by atoms with van der Waals surface area (Å²) in [6, 6.07) is 69.6. The summed E-state index contributed by atoms with van der Waals surface area (Å²) in [5.74, 6) is 0. The predicted octanol–water partition coefficient (Wildman–Crippen LogP) is 14.5. The van der Waals surface area contributed by atoms with E-state index in [-0.39, 0.29) is 18.1 Å². The highest BCUT2D eigenvalue weighted by Gasteiger charge is 2.19. The van der Waals surface area contributed by atoms with Crippen molar-refractivity contribution in [3.63, 3.8) is 0 Å². The van der Waals surface area contributed by atoms with Crippen molar-refractivity contribution in [3.8, 4) is 55.9 Å². The fourth-order valence-corrected chi connectivity index (χ4v) is 8.38. The quantitative estimate of drug-likeness (QED) is 0.162. The summed E-state index contributed by atoms with van der Waals surface area (Å²) >= 11 is 0. The summed E-state index contributed by atoms with van der Waals surface area (Å²) in [4.78, 5) is 0. The number of nitrogens with zero attached hydrogens (tertiary/aromatic N) is 2. The van der Waals surface area contributed by atoms with Gasteiger partial charge in [0.25, 0.3) is 0 Å². The minimum Gasteiger partial charge on any atom is -0.309 e. The first-order chi connectivity index (χ1) is 29.0. The second-order valence-electron chi connectivity index (χ2n) is 14.3. The molecule has 0 bridgehead atoms. The maximum atomic E-state index is 9.75. The van der Waals surface area contributed by atoms with Gasteiger partial charge in [-0.1, -0.05) is 164 Å². The molecular weight excluding hydrogens is 677 g/mol. The van der Waals surface area contributed by atoms with Crippen LogP contribution in [-0.4, -0.2) is 9.13 Å². The van der Waals surface area contributed by atoms with Crippen LogP contribution in [0.25, 0.3) is 99.5 Å². The summed E-state index contributed by atoms with van der Waals surface area (Å²) < 4.78 is 33.1. The first-order valence-corrected chi connectivity index (χ1v) is 19.0. The molecule has 0 saturated carbocycles. The molecule has 2 aromatic heterocycles. The largest absolute Gasteiger partial charge is 0.309 e. The van der Waals surface area contributed by atoms with E-state index in [0.717, 1.165) is 71.9 Å². The van der Waals surface area contributed by atoms with Gasteiger partial charge in [0.2, 0.25) is 0 Å². The molecule has 0 amide bonds. The molecule has 0 aliphatic carbocycles. The molecular formula is C54H36N2. The number of para-hydroxylation sites is 3. The lowest BCUT2D eigenvalue weighted by Crippen LogP contribution is -1.95. The zero-order valence-corrected chi connectivity index (χ0v) is 30.4. The van der Waals surface area contributed by atoms with Crippen molar-refractivity contribution in [2.75, 3.05) is 0 Å². The van der Waals surface area contributed by atoms with Crippen LogP contribution in [0.5, 0.6) is 0 Å². The summed E-state index contributed by atoms with van der Waals surface area (Å²) in [6.45, 7) is 0. The molecule has 2 heterocycles. The fourth-order valence-electron chi connectivity index (χ4n) is 8.38. The third-order valence-corrected chi connectivity index (χ3v) is 11.1. The molecule has 0 saturated heterocycles. The van der Waals surface area contributed by atoms with Crippen molar-refractivity contribution in [2.45, 2.75) is 0 Å². The van der Waals surface area contributed by atoms with E-state index in [4.69, 9.17) is 0 Å². The van der Waals surface area contributed by atoms with Gasteiger partial charge < -0.3 is 9.13 Å². The SMILES string of the molecule is [2H]c1c(-c2ccc3c(c2)c2cccc(-c4ccccc4)c2n3-c2ccc(-c3ccc(-c4ccccc4)cc3)cc2)c([2H])c2c3ccccc3n(-c3ccccc3)c2c1[2H]. The number of rotatable bonds is 6. The van der Waals surface area contributed by atoms with Gasteiger partial charge in [0, 0.05) is 38.5 Å². The van der Waals surface area contributed by atoms with Gasteiger partial charge >= 0.3 is 0 Å². The Morgan fingerprint density at radius 1 is 0.304 bits per heavy atom. The van der Waals surface area contributed by atoms with Crippen molar-refractivity contribution in [2.24, 2.45) is 0 Å². The molecule has 0 aliphatic rings. The van der Waals surface area contributed by atoms with Gasteiger partial charge in [-0.3, -0.25) is 0 Å². The molecule has 0 unspecified atom stereocenters. The lowest BCUT2D eigenvalue weighted by Gasteiger charge is -2.13. The Morgan fingerprint density at radius 3 is 1.55 bits per heavy atom. The normalized spacial score (nSPS) is 12.3. The Balaban J connectivity index is 1.10. The second-order valence-corrected chi connectivity index (χ2v) is 14.3. The highest BCUT2D eigenvalue weighted by Crippen LogP contribution is 2.41. The summed E-state index contributed by atoms with van der Waals surface area (Å²) in [6.07, 6.45) is 0. The van der Waals surface area contributed by atoms with Crippen molar-refractivity contribution in [1.29, 1.82) is 0 Å². The molecule has 2 heteroatoms. The maximum absolute atomic E-state index is 9.75. The average Bonchev–Trinajstić information content (AvgIpc) is 3.83. The fraction of sp³-hybridized carbons (Fsp3) is 0. The highest BCUT2D eigenvalue weighted by atomic mass is 15.0. The van der Waals surface area contributed by atoms with Gasteiger partial charge in [0.15, 0.2) is 0 Å². The monoisotopic (exact) mass is 715 g/mol. The number of aromatic nitrogens is 2. The molecule has 0 atom stereocenters. The van der Waals surface area contributed by atoms with Crippen LogP contribution in [-0.2, 0) is 0 Å². The third-order valence-electron chi connectivity index (χ3n) is 11.1. The van der Waals surface area contributed by atoms with E-state index < -0.39 is 0 Å². The number of hydrogen-bond acceptors (Lipinski definition) is 0. The Morgan fingerprint density at radius 2 is 0.839 bits per heavy atom. The molecule has 262 valence electrons. The first-order valence-electron chi connectivity index (χ1n) is 20.5. The van der Waals surface area contributed by atoms with E-state index >= 15 is 0 Å². The Bertz CT molecular complexity index is 3370. The van der Waals surface area contributed by atoms with Crippen molar-refractivity contribution in [1.82, 2.24) is 9.13 Å². The minimum absolute atomic E-state index is 0.0444. The van der Waals surface area contributed by atoms with Crippen LogP contribution in [0, 0.1) is 0 Å². The van der Waals surface area contributed by atoms with Crippen LogP contribution in [0.3, 0.4) is 0 Å². The van der Waals surface area contributed by atoms with Crippen LogP contribution in [0.4, 0.5) is 0 Å². The highest BCUT2D eigenvalue weighted by molar-refractivity contribution is 6.15. The van der Waals surface area contributed by atoms with Crippen LogP contribution in [0.2, 0.25) is 0 Å². The van der Waals surface area contributed by atoms with E-state index in [0.29, 0.717) is 16.5 Å². The Labute approximate surface area is 330 Å². The second kappa shape index (κ2) is 13.2. The molecule has 0 radical (unpaired) electrons. The molecule has 0 aliphatic heterocycles. The lowest BCUT2D eigenvalue weighted by molar-refractivity contribution is 1.18. The zero-order valence-electron chi connectivity index (χ0n) is 33.4. The maximum Gasteiger partial charge on any atom is 0.0645 e. The number of fused-ring (bicyclic) bond motifs is 6. The third kappa shape index (κ3) is 5.26. The van der Waals surface area contributed by atoms with Crippen LogP contribution >= 0.6 is 0 Å².